The molecule has 0 aliphatic rings. The zero-order chi connectivity index (χ0) is 18.8. The van der Waals surface area contributed by atoms with Crippen LogP contribution in [0.2, 0.25) is 0 Å². The lowest BCUT2D eigenvalue weighted by molar-refractivity contribution is -0.148. The van der Waals surface area contributed by atoms with Gasteiger partial charge in [-0.2, -0.15) is 0 Å². The molecule has 1 atom stereocenters. The van der Waals surface area contributed by atoms with Crippen LogP contribution in [0.4, 0.5) is 4.79 Å². The fourth-order valence-corrected chi connectivity index (χ4v) is 1.53. The highest BCUT2D eigenvalue weighted by atomic mass is 16.6. The summed E-state index contributed by atoms with van der Waals surface area (Å²) in [6, 6.07) is -0.977. The van der Waals surface area contributed by atoms with Gasteiger partial charge in [0.1, 0.15) is 18.2 Å². The van der Waals surface area contributed by atoms with Crippen LogP contribution >= 0.6 is 0 Å². The summed E-state index contributed by atoms with van der Waals surface area (Å²) >= 11 is 0. The van der Waals surface area contributed by atoms with Gasteiger partial charge in [-0.3, -0.25) is 4.79 Å². The molecule has 0 saturated heterocycles. The summed E-state index contributed by atoms with van der Waals surface area (Å²) in [7, 11) is 0. The SMILES string of the molecule is C=CCOC(=O)CC[C@H](NC(=O)OC(C)(C)C)C(=O)OCC(C)C. The van der Waals surface area contributed by atoms with Gasteiger partial charge < -0.3 is 19.5 Å². The number of esters is 2. The first-order valence-electron chi connectivity index (χ1n) is 7.97. The van der Waals surface area contributed by atoms with Crippen LogP contribution in [0, 0.1) is 5.92 Å². The monoisotopic (exact) mass is 343 g/mol. The molecule has 0 fully saturated rings. The normalized spacial score (nSPS) is 12.2. The Kier molecular flexibility index (Phi) is 9.76. The molecule has 0 aromatic rings. The first-order chi connectivity index (χ1) is 11.0. The molecule has 7 nitrogen and oxygen atoms in total. The van der Waals surface area contributed by atoms with E-state index in [9.17, 15) is 14.4 Å². The van der Waals surface area contributed by atoms with Crippen LogP contribution in [0.25, 0.3) is 0 Å². The Hall–Kier alpha value is -2.05. The molecule has 7 heteroatoms. The lowest BCUT2D eigenvalue weighted by Crippen LogP contribution is -2.44. The molecule has 0 aliphatic carbocycles. The van der Waals surface area contributed by atoms with Crippen molar-refractivity contribution in [2.24, 2.45) is 5.92 Å². The van der Waals surface area contributed by atoms with Crippen LogP contribution in [0.1, 0.15) is 47.5 Å². The van der Waals surface area contributed by atoms with E-state index in [1.54, 1.807) is 20.8 Å². The van der Waals surface area contributed by atoms with E-state index in [1.807, 2.05) is 13.8 Å². The second-order valence-corrected chi connectivity index (χ2v) is 6.73. The summed E-state index contributed by atoms with van der Waals surface area (Å²) in [6.45, 7) is 12.7. The van der Waals surface area contributed by atoms with Gasteiger partial charge >= 0.3 is 18.0 Å². The summed E-state index contributed by atoms with van der Waals surface area (Å²) in [5.41, 5.74) is -0.695. The summed E-state index contributed by atoms with van der Waals surface area (Å²) in [4.78, 5) is 35.5. The highest BCUT2D eigenvalue weighted by Gasteiger charge is 2.26. The zero-order valence-electron chi connectivity index (χ0n) is 15.2. The lowest BCUT2D eigenvalue weighted by Gasteiger charge is -2.23. The number of hydrogen-bond acceptors (Lipinski definition) is 6. The quantitative estimate of drug-likeness (QED) is 0.393. The van der Waals surface area contributed by atoms with Crippen molar-refractivity contribution in [1.29, 1.82) is 0 Å². The molecule has 0 saturated carbocycles. The average molecular weight is 343 g/mol. The number of nitrogens with one attached hydrogen (secondary N) is 1. The van der Waals surface area contributed by atoms with E-state index in [4.69, 9.17) is 14.2 Å². The molecule has 0 bridgehead atoms. The predicted molar refractivity (Wildman–Crippen MR) is 89.3 cm³/mol. The maximum Gasteiger partial charge on any atom is 0.408 e. The highest BCUT2D eigenvalue weighted by molar-refractivity contribution is 5.82. The summed E-state index contributed by atoms with van der Waals surface area (Å²) < 4.78 is 15.1. The number of alkyl carbamates (subject to hydrolysis) is 1. The standard InChI is InChI=1S/C17H29NO6/c1-7-10-22-14(19)9-8-13(15(20)23-11-12(2)3)18-16(21)24-17(4,5)6/h7,12-13H,1,8-11H2,2-6H3,(H,18,21)/t13-/m0/s1. The Balaban J connectivity index is 4.69. The van der Waals surface area contributed by atoms with Gasteiger partial charge in [-0.05, 0) is 33.1 Å². The van der Waals surface area contributed by atoms with Gasteiger partial charge in [0, 0.05) is 6.42 Å². The van der Waals surface area contributed by atoms with Gasteiger partial charge in [0.25, 0.3) is 0 Å². The summed E-state index contributed by atoms with van der Waals surface area (Å²) in [5.74, 6) is -0.928. The molecule has 0 spiro atoms. The Bertz CT molecular complexity index is 439. The second kappa shape index (κ2) is 10.7. The Morgan fingerprint density at radius 2 is 1.79 bits per heavy atom. The van der Waals surface area contributed by atoms with Crippen molar-refractivity contribution in [1.82, 2.24) is 5.32 Å². The minimum atomic E-state index is -0.977. The minimum Gasteiger partial charge on any atom is -0.464 e. The van der Waals surface area contributed by atoms with E-state index >= 15 is 0 Å². The lowest BCUT2D eigenvalue weighted by atomic mass is 10.1. The molecular weight excluding hydrogens is 314 g/mol. The van der Waals surface area contributed by atoms with Crippen molar-refractivity contribution in [3.05, 3.63) is 12.7 Å². The maximum absolute atomic E-state index is 12.1. The van der Waals surface area contributed by atoms with Crippen molar-refractivity contribution in [2.75, 3.05) is 13.2 Å². The summed E-state index contributed by atoms with van der Waals surface area (Å²) in [6.07, 6.45) is 0.732. The number of rotatable bonds is 9. The molecule has 138 valence electrons. The molecule has 0 aromatic heterocycles. The van der Waals surface area contributed by atoms with Gasteiger partial charge in [0.15, 0.2) is 0 Å². The van der Waals surface area contributed by atoms with Crippen molar-refractivity contribution in [3.8, 4) is 0 Å². The Morgan fingerprint density at radius 3 is 2.29 bits per heavy atom. The second-order valence-electron chi connectivity index (χ2n) is 6.73. The first-order valence-corrected chi connectivity index (χ1v) is 7.97. The Morgan fingerprint density at radius 1 is 1.17 bits per heavy atom. The fourth-order valence-electron chi connectivity index (χ4n) is 1.53. The third kappa shape index (κ3) is 11.5. The third-order valence-corrected chi connectivity index (χ3v) is 2.53. The van der Waals surface area contributed by atoms with Crippen molar-refractivity contribution < 1.29 is 28.6 Å². The van der Waals surface area contributed by atoms with Crippen LogP contribution < -0.4 is 5.32 Å². The average Bonchev–Trinajstić information content (AvgIpc) is 2.44. The van der Waals surface area contributed by atoms with E-state index in [1.165, 1.54) is 6.08 Å². The van der Waals surface area contributed by atoms with Crippen LogP contribution in [-0.4, -0.2) is 42.9 Å². The van der Waals surface area contributed by atoms with E-state index < -0.39 is 29.7 Å². The van der Waals surface area contributed by atoms with Gasteiger partial charge in [-0.15, -0.1) is 0 Å². The van der Waals surface area contributed by atoms with Gasteiger partial charge in [0.05, 0.1) is 6.61 Å². The number of amides is 1. The van der Waals surface area contributed by atoms with Crippen LogP contribution in [0.15, 0.2) is 12.7 Å². The smallest absolute Gasteiger partial charge is 0.408 e. The van der Waals surface area contributed by atoms with E-state index in [0.29, 0.717) is 0 Å². The van der Waals surface area contributed by atoms with Gasteiger partial charge in [-0.25, -0.2) is 9.59 Å². The molecule has 1 amide bonds. The topological polar surface area (TPSA) is 90.9 Å². The van der Waals surface area contributed by atoms with Crippen molar-refractivity contribution in [3.63, 3.8) is 0 Å². The van der Waals surface area contributed by atoms with E-state index in [0.717, 1.165) is 0 Å². The maximum atomic E-state index is 12.1. The van der Waals surface area contributed by atoms with Crippen molar-refractivity contribution in [2.45, 2.75) is 59.1 Å². The third-order valence-electron chi connectivity index (χ3n) is 2.53. The van der Waals surface area contributed by atoms with Crippen LogP contribution in [-0.2, 0) is 23.8 Å². The summed E-state index contributed by atoms with van der Waals surface area (Å²) in [5, 5.41) is 2.44. The molecule has 0 aliphatic heterocycles. The van der Waals surface area contributed by atoms with E-state index in [-0.39, 0.29) is 32.0 Å². The molecular formula is C17H29NO6. The molecule has 24 heavy (non-hydrogen) atoms. The van der Waals surface area contributed by atoms with Crippen LogP contribution in [0.5, 0.6) is 0 Å². The molecule has 0 radical (unpaired) electrons. The van der Waals surface area contributed by atoms with Gasteiger partial charge in [-0.1, -0.05) is 26.5 Å². The Labute approximate surface area is 143 Å². The van der Waals surface area contributed by atoms with Gasteiger partial charge in [0.2, 0.25) is 0 Å². The largest absolute Gasteiger partial charge is 0.464 e. The van der Waals surface area contributed by atoms with E-state index in [2.05, 4.69) is 11.9 Å². The molecule has 0 rings (SSSR count). The number of ether oxygens (including phenoxy) is 3. The van der Waals surface area contributed by atoms with Crippen LogP contribution in [0.3, 0.4) is 0 Å². The van der Waals surface area contributed by atoms with Crippen molar-refractivity contribution >= 4 is 18.0 Å². The zero-order valence-corrected chi connectivity index (χ0v) is 15.2. The number of carbonyl (C=O) groups is 3. The number of carbonyl (C=O) groups excluding carboxylic acids is 3. The molecule has 0 heterocycles. The molecule has 0 aromatic carbocycles. The first kappa shape index (κ1) is 21.9. The molecule has 0 unspecified atom stereocenters. The fraction of sp³-hybridized carbons (Fsp3) is 0.706. The number of hydrogen-bond donors (Lipinski definition) is 1. The predicted octanol–water partition coefficient (Wildman–Crippen LogP) is 2.59. The molecule has 1 N–H and O–H groups in total. The minimum absolute atomic E-state index is 0.0366. The highest BCUT2D eigenvalue weighted by Crippen LogP contribution is 2.09.